The van der Waals surface area contributed by atoms with Crippen LogP contribution in [0.1, 0.15) is 12.5 Å². The quantitative estimate of drug-likeness (QED) is 0.124. The van der Waals surface area contributed by atoms with Crippen LogP contribution in [-0.4, -0.2) is 38.2 Å². The average molecular weight is 526 g/mol. The zero-order valence-corrected chi connectivity index (χ0v) is 21.9. The van der Waals surface area contributed by atoms with E-state index in [0.29, 0.717) is 24.5 Å². The van der Waals surface area contributed by atoms with Gasteiger partial charge in [-0.15, -0.1) is 0 Å². The van der Waals surface area contributed by atoms with Crippen LogP contribution in [0.5, 0.6) is 0 Å². The number of hydrogen-bond acceptors (Lipinski definition) is 9. The van der Waals surface area contributed by atoms with Gasteiger partial charge in [0.25, 0.3) is 0 Å². The molecule has 0 fully saturated rings. The van der Waals surface area contributed by atoms with Gasteiger partial charge in [0, 0.05) is 17.8 Å². The smallest absolute Gasteiger partial charge is 0.330 e. The first-order valence-electron chi connectivity index (χ1n) is 12.5. The zero-order valence-electron chi connectivity index (χ0n) is 21.9. The van der Waals surface area contributed by atoms with Gasteiger partial charge in [-0.2, -0.15) is 20.5 Å². The Bertz CT molecular complexity index is 1290. The monoisotopic (exact) mass is 525 g/mol. The molecule has 0 heterocycles. The summed E-state index contributed by atoms with van der Waals surface area (Å²) < 4.78 is 10.3. The Morgan fingerprint density at radius 1 is 0.744 bits per heavy atom. The summed E-state index contributed by atoms with van der Waals surface area (Å²) >= 11 is 0. The van der Waals surface area contributed by atoms with Crippen molar-refractivity contribution in [1.82, 2.24) is 0 Å². The van der Waals surface area contributed by atoms with E-state index in [-0.39, 0.29) is 13.2 Å². The molecule has 3 rings (SSSR count). The van der Waals surface area contributed by atoms with Crippen LogP contribution in [0.2, 0.25) is 0 Å². The molecule has 0 spiro atoms. The minimum atomic E-state index is -0.495. The standard InChI is InChI=1S/C30H31N5O4/c1-4-23-22-27(35(18-20-38-29(36)5-2)19-21-39-30(37)6-3)16-17-28(23)34-33-26-14-12-25(13-15-26)32-31-24-10-8-7-9-11-24/h5-17,22H,2-4,18-21H2,1H3/b32-31+,34-33+. The second-order valence-corrected chi connectivity index (χ2v) is 8.15. The highest BCUT2D eigenvalue weighted by atomic mass is 16.5. The van der Waals surface area contributed by atoms with E-state index in [0.717, 1.165) is 41.2 Å². The first-order valence-corrected chi connectivity index (χ1v) is 12.5. The highest BCUT2D eigenvalue weighted by Gasteiger charge is 2.11. The Labute approximate surface area is 228 Å². The van der Waals surface area contributed by atoms with Crippen LogP contribution in [0.25, 0.3) is 0 Å². The number of anilines is 1. The molecule has 0 saturated heterocycles. The third kappa shape index (κ3) is 9.47. The normalized spacial score (nSPS) is 10.9. The van der Waals surface area contributed by atoms with E-state index in [2.05, 4.69) is 33.6 Å². The lowest BCUT2D eigenvalue weighted by atomic mass is 10.1. The van der Waals surface area contributed by atoms with Crippen molar-refractivity contribution >= 4 is 40.4 Å². The van der Waals surface area contributed by atoms with Crippen LogP contribution >= 0.6 is 0 Å². The second kappa shape index (κ2) is 15.4. The fourth-order valence-electron chi connectivity index (χ4n) is 3.46. The average Bonchev–Trinajstić information content (AvgIpc) is 2.98. The topological polar surface area (TPSA) is 105 Å². The number of azo groups is 2. The minimum Gasteiger partial charge on any atom is -0.461 e. The number of aryl methyl sites for hydroxylation is 1. The maximum atomic E-state index is 11.4. The molecular weight excluding hydrogens is 494 g/mol. The molecule has 0 aliphatic heterocycles. The highest BCUT2D eigenvalue weighted by molar-refractivity contribution is 5.81. The lowest BCUT2D eigenvalue weighted by Gasteiger charge is -2.25. The van der Waals surface area contributed by atoms with Gasteiger partial charge in [0.2, 0.25) is 0 Å². The molecule has 200 valence electrons. The van der Waals surface area contributed by atoms with E-state index in [1.165, 1.54) is 0 Å². The Morgan fingerprint density at radius 3 is 1.77 bits per heavy atom. The Morgan fingerprint density at radius 2 is 1.26 bits per heavy atom. The Hall–Kier alpha value is -4.92. The largest absolute Gasteiger partial charge is 0.461 e. The highest BCUT2D eigenvalue weighted by Crippen LogP contribution is 2.29. The van der Waals surface area contributed by atoms with Gasteiger partial charge in [0.15, 0.2) is 0 Å². The van der Waals surface area contributed by atoms with E-state index >= 15 is 0 Å². The van der Waals surface area contributed by atoms with Crippen LogP contribution in [0.3, 0.4) is 0 Å². The first kappa shape index (κ1) is 28.6. The number of nitrogens with zero attached hydrogens (tertiary/aromatic N) is 5. The van der Waals surface area contributed by atoms with E-state index in [9.17, 15) is 9.59 Å². The van der Waals surface area contributed by atoms with Crippen LogP contribution < -0.4 is 4.90 Å². The molecule has 0 aliphatic rings. The molecule has 0 amide bonds. The summed E-state index contributed by atoms with van der Waals surface area (Å²) in [7, 11) is 0. The van der Waals surface area contributed by atoms with E-state index in [4.69, 9.17) is 9.47 Å². The zero-order chi connectivity index (χ0) is 27.9. The summed E-state index contributed by atoms with van der Waals surface area (Å²) in [5.74, 6) is -0.990. The summed E-state index contributed by atoms with van der Waals surface area (Å²) in [6.07, 6.45) is 2.97. The molecule has 0 N–H and O–H groups in total. The SMILES string of the molecule is C=CC(=O)OCCN(CCOC(=O)C=C)c1ccc(/N=N/c2ccc(/N=N/c3ccccc3)cc2)c(CC)c1. The third-order valence-corrected chi connectivity index (χ3v) is 5.51. The maximum absolute atomic E-state index is 11.4. The van der Waals surface area contributed by atoms with Crippen molar-refractivity contribution in [3.63, 3.8) is 0 Å². The van der Waals surface area contributed by atoms with Crippen LogP contribution in [0.4, 0.5) is 28.4 Å². The molecule has 9 heteroatoms. The molecule has 0 radical (unpaired) electrons. The maximum Gasteiger partial charge on any atom is 0.330 e. The number of benzene rings is 3. The minimum absolute atomic E-state index is 0.157. The number of rotatable bonds is 14. The number of carbonyl (C=O) groups excluding carboxylic acids is 2. The van der Waals surface area contributed by atoms with Crippen molar-refractivity contribution in [2.24, 2.45) is 20.5 Å². The van der Waals surface area contributed by atoms with Crippen molar-refractivity contribution in [3.8, 4) is 0 Å². The molecular formula is C30H31N5O4. The van der Waals surface area contributed by atoms with Gasteiger partial charge in [-0.1, -0.05) is 38.3 Å². The molecule has 0 atom stereocenters. The molecule has 0 unspecified atom stereocenters. The van der Waals surface area contributed by atoms with E-state index in [1.54, 1.807) is 0 Å². The number of ether oxygens (including phenoxy) is 2. The predicted octanol–water partition coefficient (Wildman–Crippen LogP) is 7.34. The summed E-state index contributed by atoms with van der Waals surface area (Å²) in [4.78, 5) is 24.9. The van der Waals surface area contributed by atoms with Crippen molar-refractivity contribution in [2.45, 2.75) is 13.3 Å². The summed E-state index contributed by atoms with van der Waals surface area (Å²) in [6.45, 7) is 9.97. The summed E-state index contributed by atoms with van der Waals surface area (Å²) in [6, 6.07) is 22.7. The molecule has 0 aromatic heterocycles. The van der Waals surface area contributed by atoms with E-state index in [1.807, 2.05) is 84.6 Å². The summed E-state index contributed by atoms with van der Waals surface area (Å²) in [5, 5.41) is 17.3. The van der Waals surface area contributed by atoms with Gasteiger partial charge in [0.1, 0.15) is 13.2 Å². The lowest BCUT2D eigenvalue weighted by Crippen LogP contribution is -2.32. The van der Waals surface area contributed by atoms with Gasteiger partial charge in [-0.05, 0) is 66.6 Å². The molecule has 0 bridgehead atoms. The van der Waals surface area contributed by atoms with Crippen molar-refractivity contribution in [3.05, 3.63) is 104 Å². The first-order chi connectivity index (χ1) is 19.0. The second-order valence-electron chi connectivity index (χ2n) is 8.15. The van der Waals surface area contributed by atoms with Crippen LogP contribution in [0.15, 0.2) is 119 Å². The van der Waals surface area contributed by atoms with Crippen molar-refractivity contribution in [2.75, 3.05) is 31.2 Å². The van der Waals surface area contributed by atoms with E-state index < -0.39 is 11.9 Å². The molecule has 39 heavy (non-hydrogen) atoms. The van der Waals surface area contributed by atoms with Crippen molar-refractivity contribution in [1.29, 1.82) is 0 Å². The van der Waals surface area contributed by atoms with Gasteiger partial charge >= 0.3 is 11.9 Å². The number of esters is 2. The van der Waals surface area contributed by atoms with Gasteiger partial charge in [-0.25, -0.2) is 9.59 Å². The fourth-order valence-corrected chi connectivity index (χ4v) is 3.46. The molecule has 3 aromatic rings. The summed E-state index contributed by atoms with van der Waals surface area (Å²) in [5.41, 5.74) is 4.79. The van der Waals surface area contributed by atoms with Crippen LogP contribution in [-0.2, 0) is 25.5 Å². The van der Waals surface area contributed by atoms with Gasteiger partial charge in [0.05, 0.1) is 35.8 Å². The van der Waals surface area contributed by atoms with Crippen molar-refractivity contribution < 1.29 is 19.1 Å². The van der Waals surface area contributed by atoms with Gasteiger partial charge in [-0.3, -0.25) is 0 Å². The fraction of sp³-hybridized carbons (Fsp3) is 0.200. The lowest BCUT2D eigenvalue weighted by molar-refractivity contribution is -0.137. The number of hydrogen-bond donors (Lipinski definition) is 0. The Balaban J connectivity index is 1.70. The third-order valence-electron chi connectivity index (χ3n) is 5.51. The number of carbonyl (C=O) groups is 2. The van der Waals surface area contributed by atoms with Gasteiger partial charge < -0.3 is 14.4 Å². The van der Waals surface area contributed by atoms with Crippen LogP contribution in [0, 0.1) is 0 Å². The Kier molecular flexibility index (Phi) is 11.3. The molecule has 9 nitrogen and oxygen atoms in total. The predicted molar refractivity (Wildman–Crippen MR) is 152 cm³/mol. The molecule has 3 aromatic carbocycles. The molecule has 0 saturated carbocycles. The molecule has 0 aliphatic carbocycles.